The maximum atomic E-state index is 13.4. The number of hydrogen-bond acceptors (Lipinski definition) is 4. The van der Waals surface area contributed by atoms with E-state index >= 15 is 0 Å². The van der Waals surface area contributed by atoms with Crippen LogP contribution in [-0.4, -0.2) is 47.5 Å². The first-order valence-corrected chi connectivity index (χ1v) is 9.45. The zero-order valence-electron chi connectivity index (χ0n) is 16.6. The van der Waals surface area contributed by atoms with Gasteiger partial charge in [-0.3, -0.25) is 14.4 Å². The molecule has 1 fully saturated rings. The van der Waals surface area contributed by atoms with E-state index in [0.29, 0.717) is 12.2 Å². The van der Waals surface area contributed by atoms with Crippen LogP contribution in [0.25, 0.3) is 0 Å². The molecule has 0 saturated heterocycles. The zero-order chi connectivity index (χ0) is 21.1. The summed E-state index contributed by atoms with van der Waals surface area (Å²) in [5.74, 6) is -1.22. The molecule has 1 aliphatic carbocycles. The molecule has 2 unspecified atom stereocenters. The molecule has 8 heteroatoms. The van der Waals surface area contributed by atoms with Crippen molar-refractivity contribution in [2.45, 2.75) is 39.0 Å². The number of nitrogens with one attached hydrogen (secondary N) is 2. The number of aryl methyl sites for hydroxylation is 1. The van der Waals surface area contributed by atoms with E-state index in [1.807, 2.05) is 6.92 Å². The monoisotopic (exact) mass is 401 g/mol. The molecule has 154 valence electrons. The third-order valence-corrected chi connectivity index (χ3v) is 4.81. The van der Waals surface area contributed by atoms with Crippen LogP contribution >= 0.6 is 0 Å². The molecule has 0 bridgehead atoms. The van der Waals surface area contributed by atoms with Gasteiger partial charge in [-0.1, -0.05) is 12.1 Å². The fourth-order valence-electron chi connectivity index (χ4n) is 3.10. The minimum Gasteiger partial charge on any atom is -0.376 e. The number of halogens is 1. The largest absolute Gasteiger partial charge is 0.376 e. The summed E-state index contributed by atoms with van der Waals surface area (Å²) < 4.78 is 18.9. The fraction of sp³-hybridized carbons (Fsp3) is 0.381. The first-order chi connectivity index (χ1) is 13.8. The van der Waals surface area contributed by atoms with Crippen LogP contribution < -0.4 is 10.9 Å². The average Bonchev–Trinajstić information content (AvgIpc) is 3.42. The van der Waals surface area contributed by atoms with Gasteiger partial charge in [0, 0.05) is 26.4 Å². The molecule has 1 heterocycles. The predicted octanol–water partition coefficient (Wildman–Crippen LogP) is 2.00. The van der Waals surface area contributed by atoms with E-state index in [-0.39, 0.29) is 41.5 Å². The van der Waals surface area contributed by atoms with Gasteiger partial charge in [0.25, 0.3) is 17.4 Å². The third-order valence-electron chi connectivity index (χ3n) is 4.81. The van der Waals surface area contributed by atoms with Crippen LogP contribution in [0.4, 0.5) is 4.39 Å². The lowest BCUT2D eigenvalue weighted by molar-refractivity contribution is 0.0783. The highest BCUT2D eigenvalue weighted by atomic mass is 19.1. The van der Waals surface area contributed by atoms with E-state index in [4.69, 9.17) is 4.74 Å². The Bertz CT molecular complexity index is 988. The number of amides is 2. The van der Waals surface area contributed by atoms with Gasteiger partial charge in [0.1, 0.15) is 11.4 Å². The Morgan fingerprint density at radius 2 is 2.10 bits per heavy atom. The molecule has 0 aliphatic heterocycles. The van der Waals surface area contributed by atoms with Gasteiger partial charge in [0.15, 0.2) is 0 Å². The highest BCUT2D eigenvalue weighted by molar-refractivity contribution is 5.99. The summed E-state index contributed by atoms with van der Waals surface area (Å²) in [7, 11) is 1.55. The normalized spacial score (nSPS) is 17.7. The van der Waals surface area contributed by atoms with Crippen molar-refractivity contribution >= 4 is 11.8 Å². The highest BCUT2D eigenvalue weighted by Gasteiger charge is 2.39. The van der Waals surface area contributed by atoms with Crippen molar-refractivity contribution in [1.29, 1.82) is 0 Å². The van der Waals surface area contributed by atoms with Gasteiger partial charge in [-0.2, -0.15) is 0 Å². The quantitative estimate of drug-likeness (QED) is 0.742. The summed E-state index contributed by atoms with van der Waals surface area (Å²) in [5, 5.41) is 2.82. The minimum absolute atomic E-state index is 0.0121. The third kappa shape index (κ3) is 4.89. The molecular formula is C21H24FN3O4. The standard InChI is InChI=1S/C21H24FN3O4/c1-4-29-18-9-17(18)24-19(26)14-8-15(20(27)23-10-14)21(28)25(3)11-13-5-6-16(22)12(2)7-13/h5-8,10,17-18H,4,9,11H2,1-3H3,(H,23,27)(H,24,26). The highest BCUT2D eigenvalue weighted by Crippen LogP contribution is 2.25. The maximum absolute atomic E-state index is 13.4. The number of aromatic nitrogens is 1. The molecule has 0 radical (unpaired) electrons. The zero-order valence-corrected chi connectivity index (χ0v) is 16.6. The van der Waals surface area contributed by atoms with Crippen molar-refractivity contribution in [2.75, 3.05) is 13.7 Å². The van der Waals surface area contributed by atoms with Crippen molar-refractivity contribution in [1.82, 2.24) is 15.2 Å². The van der Waals surface area contributed by atoms with Crippen LogP contribution in [-0.2, 0) is 11.3 Å². The van der Waals surface area contributed by atoms with Gasteiger partial charge in [-0.05, 0) is 43.5 Å². The lowest BCUT2D eigenvalue weighted by Gasteiger charge is -2.17. The van der Waals surface area contributed by atoms with E-state index in [1.165, 1.54) is 23.2 Å². The van der Waals surface area contributed by atoms with Gasteiger partial charge >= 0.3 is 0 Å². The molecule has 1 saturated carbocycles. The molecule has 2 aromatic rings. The van der Waals surface area contributed by atoms with Crippen molar-refractivity contribution in [3.05, 3.63) is 68.9 Å². The second-order valence-electron chi connectivity index (χ2n) is 7.19. The van der Waals surface area contributed by atoms with E-state index in [9.17, 15) is 18.8 Å². The number of aromatic amines is 1. The number of benzene rings is 1. The van der Waals surface area contributed by atoms with Crippen molar-refractivity contribution in [2.24, 2.45) is 0 Å². The second kappa shape index (κ2) is 8.57. The van der Waals surface area contributed by atoms with Crippen LogP contribution in [0.3, 0.4) is 0 Å². The van der Waals surface area contributed by atoms with Crippen molar-refractivity contribution in [3.63, 3.8) is 0 Å². The lowest BCUT2D eigenvalue weighted by atomic mass is 10.1. The summed E-state index contributed by atoms with van der Waals surface area (Å²) in [6.45, 7) is 4.31. The molecule has 1 aromatic carbocycles. The Kier molecular flexibility index (Phi) is 6.12. The summed E-state index contributed by atoms with van der Waals surface area (Å²) in [6, 6.07) is 5.81. The van der Waals surface area contributed by atoms with E-state index in [1.54, 1.807) is 26.1 Å². The first kappa shape index (κ1) is 20.7. The lowest BCUT2D eigenvalue weighted by Crippen LogP contribution is -2.33. The number of hydrogen-bond donors (Lipinski definition) is 2. The van der Waals surface area contributed by atoms with Crippen LogP contribution in [0.5, 0.6) is 0 Å². The van der Waals surface area contributed by atoms with Gasteiger partial charge < -0.3 is 19.9 Å². The van der Waals surface area contributed by atoms with E-state index < -0.39 is 11.5 Å². The molecule has 2 atom stereocenters. The molecule has 7 nitrogen and oxygen atoms in total. The van der Waals surface area contributed by atoms with E-state index in [0.717, 1.165) is 12.0 Å². The topological polar surface area (TPSA) is 91.5 Å². The fourth-order valence-corrected chi connectivity index (χ4v) is 3.10. The van der Waals surface area contributed by atoms with E-state index in [2.05, 4.69) is 10.3 Å². The molecule has 29 heavy (non-hydrogen) atoms. The number of ether oxygens (including phenoxy) is 1. The number of nitrogens with zero attached hydrogens (tertiary/aromatic N) is 1. The smallest absolute Gasteiger partial charge is 0.260 e. The summed E-state index contributed by atoms with van der Waals surface area (Å²) >= 11 is 0. The summed E-state index contributed by atoms with van der Waals surface area (Å²) in [4.78, 5) is 41.1. The van der Waals surface area contributed by atoms with Crippen molar-refractivity contribution < 1.29 is 18.7 Å². The minimum atomic E-state index is -0.577. The number of carbonyl (C=O) groups excluding carboxylic acids is 2. The van der Waals surface area contributed by atoms with Gasteiger partial charge in [0.05, 0.1) is 17.7 Å². The Hall–Kier alpha value is -3.00. The Morgan fingerprint density at radius 3 is 2.79 bits per heavy atom. The molecule has 2 amide bonds. The first-order valence-electron chi connectivity index (χ1n) is 9.45. The molecule has 1 aromatic heterocycles. The van der Waals surface area contributed by atoms with Crippen LogP contribution in [0.15, 0.2) is 35.3 Å². The number of pyridine rings is 1. The predicted molar refractivity (Wildman–Crippen MR) is 105 cm³/mol. The molecule has 0 spiro atoms. The maximum Gasteiger partial charge on any atom is 0.260 e. The van der Waals surface area contributed by atoms with Gasteiger partial charge in [0.2, 0.25) is 0 Å². The molecule has 2 N–H and O–H groups in total. The molecule has 1 aliphatic rings. The van der Waals surface area contributed by atoms with Gasteiger partial charge in [-0.15, -0.1) is 0 Å². The average molecular weight is 401 g/mol. The second-order valence-corrected chi connectivity index (χ2v) is 7.19. The van der Waals surface area contributed by atoms with Crippen LogP contribution in [0, 0.1) is 12.7 Å². The van der Waals surface area contributed by atoms with Gasteiger partial charge in [-0.25, -0.2) is 4.39 Å². The summed E-state index contributed by atoms with van der Waals surface area (Å²) in [6.07, 6.45) is 2.04. The Morgan fingerprint density at radius 1 is 1.34 bits per heavy atom. The number of rotatable bonds is 7. The van der Waals surface area contributed by atoms with Crippen molar-refractivity contribution in [3.8, 4) is 0 Å². The molecular weight excluding hydrogens is 377 g/mol. The summed E-state index contributed by atoms with van der Waals surface area (Å²) in [5.41, 5.74) is 0.704. The molecule has 3 rings (SSSR count). The number of carbonyl (C=O) groups is 2. The Labute approximate surface area is 167 Å². The van der Waals surface area contributed by atoms with Crippen LogP contribution in [0.2, 0.25) is 0 Å². The van der Waals surface area contributed by atoms with Crippen LogP contribution in [0.1, 0.15) is 45.2 Å². The number of H-pyrrole nitrogens is 1. The Balaban J connectivity index is 1.71. The SMILES string of the molecule is CCOC1CC1NC(=O)c1c[nH]c(=O)c(C(=O)N(C)Cc2ccc(F)c(C)c2)c1.